The molecule has 0 unspecified atom stereocenters. The highest BCUT2D eigenvalue weighted by Gasteiger charge is 2.17. The molecule has 5 nitrogen and oxygen atoms in total. The molecule has 96 valence electrons. The minimum atomic E-state index is -0.857. The first kappa shape index (κ1) is 12.7. The zero-order valence-electron chi connectivity index (χ0n) is 10.1. The number of aliphatic carboxylic acids is 1. The molecule has 18 heavy (non-hydrogen) atoms. The lowest BCUT2D eigenvalue weighted by Gasteiger charge is -2.02. The van der Waals surface area contributed by atoms with Crippen molar-refractivity contribution in [1.82, 2.24) is 9.55 Å². The molecule has 2 aromatic rings. The van der Waals surface area contributed by atoms with Crippen LogP contribution in [0.2, 0.25) is 5.15 Å². The molecule has 0 atom stereocenters. The van der Waals surface area contributed by atoms with E-state index in [0.717, 1.165) is 5.76 Å². The molecule has 0 amide bonds. The van der Waals surface area contributed by atoms with Gasteiger partial charge in [-0.3, -0.25) is 4.79 Å². The third kappa shape index (κ3) is 2.41. The highest BCUT2D eigenvalue weighted by Crippen LogP contribution is 2.29. The van der Waals surface area contributed by atoms with Gasteiger partial charge in [-0.25, -0.2) is 4.98 Å². The van der Waals surface area contributed by atoms with E-state index in [-0.39, 0.29) is 6.42 Å². The number of carbonyl (C=O) groups is 1. The maximum absolute atomic E-state index is 10.6. The molecule has 1 N–H and O–H groups in total. The lowest BCUT2D eigenvalue weighted by Crippen LogP contribution is -2.03. The van der Waals surface area contributed by atoms with E-state index in [9.17, 15) is 4.79 Å². The first-order valence-corrected chi connectivity index (χ1v) is 5.86. The summed E-state index contributed by atoms with van der Waals surface area (Å²) in [5, 5.41) is 9.00. The molecule has 0 aromatic carbocycles. The monoisotopic (exact) mass is 268 g/mol. The number of imidazole rings is 1. The Hall–Kier alpha value is -1.75. The number of hydrogen-bond acceptors (Lipinski definition) is 3. The Labute approximate surface area is 109 Å². The van der Waals surface area contributed by atoms with Crippen LogP contribution in [0.3, 0.4) is 0 Å². The summed E-state index contributed by atoms with van der Waals surface area (Å²) in [4.78, 5) is 14.7. The smallest absolute Gasteiger partial charge is 0.303 e. The van der Waals surface area contributed by atoms with Crippen LogP contribution in [0.4, 0.5) is 0 Å². The summed E-state index contributed by atoms with van der Waals surface area (Å²) in [5.41, 5.74) is 0.671. The first-order valence-electron chi connectivity index (χ1n) is 5.48. The average molecular weight is 269 g/mol. The van der Waals surface area contributed by atoms with Crippen LogP contribution in [0.5, 0.6) is 0 Å². The number of aromatic nitrogens is 2. The van der Waals surface area contributed by atoms with E-state index < -0.39 is 5.97 Å². The lowest BCUT2D eigenvalue weighted by atomic mass is 10.3. The van der Waals surface area contributed by atoms with Crippen LogP contribution in [0.15, 0.2) is 16.5 Å². The number of furan rings is 1. The van der Waals surface area contributed by atoms with Crippen molar-refractivity contribution in [2.24, 2.45) is 7.05 Å². The van der Waals surface area contributed by atoms with Gasteiger partial charge in [-0.2, -0.15) is 0 Å². The summed E-state index contributed by atoms with van der Waals surface area (Å²) in [5.74, 6) is 1.19. The molecule has 0 saturated heterocycles. The lowest BCUT2D eigenvalue weighted by molar-refractivity contribution is -0.137. The SMILES string of the molecule is Cc1ccc(-c2c(Cl)nc(CCC(=O)O)n2C)o1. The molecule has 2 aromatic heterocycles. The third-order valence-corrected chi connectivity index (χ3v) is 2.94. The number of carboxylic acid groups (broad SMARTS) is 1. The van der Waals surface area contributed by atoms with Crippen molar-refractivity contribution in [2.75, 3.05) is 0 Å². The maximum Gasteiger partial charge on any atom is 0.303 e. The van der Waals surface area contributed by atoms with E-state index >= 15 is 0 Å². The fourth-order valence-electron chi connectivity index (χ4n) is 1.78. The number of hydrogen-bond donors (Lipinski definition) is 1. The predicted octanol–water partition coefficient (Wildman–Crippen LogP) is 2.66. The number of carboxylic acids is 1. The largest absolute Gasteiger partial charge is 0.481 e. The van der Waals surface area contributed by atoms with Gasteiger partial charge in [0.1, 0.15) is 17.3 Å². The number of halogens is 1. The molecule has 0 aliphatic heterocycles. The summed E-state index contributed by atoms with van der Waals surface area (Å²) in [7, 11) is 1.79. The maximum atomic E-state index is 10.6. The van der Waals surface area contributed by atoms with Crippen LogP contribution in [0, 0.1) is 6.92 Å². The Morgan fingerprint density at radius 3 is 2.83 bits per heavy atom. The van der Waals surface area contributed by atoms with Crippen LogP contribution in [-0.2, 0) is 18.3 Å². The quantitative estimate of drug-likeness (QED) is 0.926. The van der Waals surface area contributed by atoms with E-state index in [0.29, 0.717) is 28.9 Å². The standard InChI is InChI=1S/C12H13ClN2O3/c1-7-3-4-8(18-7)11-12(13)14-9(15(11)2)5-6-10(16)17/h3-4H,5-6H2,1-2H3,(H,16,17). The number of rotatable bonds is 4. The molecule has 2 heterocycles. The number of nitrogens with zero attached hydrogens (tertiary/aromatic N) is 2. The van der Waals surface area contributed by atoms with Gasteiger partial charge in [-0.1, -0.05) is 11.6 Å². The summed E-state index contributed by atoms with van der Waals surface area (Å²) in [6, 6.07) is 3.66. The van der Waals surface area contributed by atoms with Gasteiger partial charge in [-0.05, 0) is 19.1 Å². The van der Waals surface area contributed by atoms with Crippen molar-refractivity contribution >= 4 is 17.6 Å². The molecule has 0 aliphatic carbocycles. The van der Waals surface area contributed by atoms with E-state index in [2.05, 4.69) is 4.98 Å². The van der Waals surface area contributed by atoms with E-state index in [1.165, 1.54) is 0 Å². The average Bonchev–Trinajstić information content (AvgIpc) is 2.81. The van der Waals surface area contributed by atoms with E-state index in [1.54, 1.807) is 11.6 Å². The van der Waals surface area contributed by atoms with Gasteiger partial charge in [0.2, 0.25) is 0 Å². The van der Waals surface area contributed by atoms with Crippen molar-refractivity contribution in [1.29, 1.82) is 0 Å². The van der Waals surface area contributed by atoms with Gasteiger partial charge in [-0.15, -0.1) is 0 Å². The van der Waals surface area contributed by atoms with Crippen LogP contribution < -0.4 is 0 Å². The summed E-state index contributed by atoms with van der Waals surface area (Å²) >= 11 is 6.07. The minimum Gasteiger partial charge on any atom is -0.481 e. The normalized spacial score (nSPS) is 10.8. The molecule has 0 saturated carbocycles. The van der Waals surface area contributed by atoms with Gasteiger partial charge < -0.3 is 14.1 Å². The van der Waals surface area contributed by atoms with Crippen molar-refractivity contribution in [3.63, 3.8) is 0 Å². The van der Waals surface area contributed by atoms with Crippen molar-refractivity contribution in [3.8, 4) is 11.5 Å². The molecule has 0 spiro atoms. The van der Waals surface area contributed by atoms with Crippen LogP contribution >= 0.6 is 11.6 Å². The Bertz CT molecular complexity index is 586. The van der Waals surface area contributed by atoms with Crippen LogP contribution in [0.25, 0.3) is 11.5 Å². The zero-order valence-corrected chi connectivity index (χ0v) is 10.9. The summed E-state index contributed by atoms with van der Waals surface area (Å²) in [6.45, 7) is 1.85. The van der Waals surface area contributed by atoms with Crippen molar-refractivity contribution < 1.29 is 14.3 Å². The number of aryl methyl sites for hydroxylation is 2. The highest BCUT2D eigenvalue weighted by molar-refractivity contribution is 6.31. The second-order valence-electron chi connectivity index (χ2n) is 4.03. The summed E-state index contributed by atoms with van der Waals surface area (Å²) in [6.07, 6.45) is 0.364. The van der Waals surface area contributed by atoms with Crippen molar-refractivity contribution in [2.45, 2.75) is 19.8 Å². The first-order chi connectivity index (χ1) is 8.49. The fraction of sp³-hybridized carbons (Fsp3) is 0.333. The second kappa shape index (κ2) is 4.86. The third-order valence-electron chi connectivity index (χ3n) is 2.68. The van der Waals surface area contributed by atoms with Gasteiger partial charge >= 0.3 is 5.97 Å². The van der Waals surface area contributed by atoms with E-state index in [4.69, 9.17) is 21.1 Å². The second-order valence-corrected chi connectivity index (χ2v) is 4.39. The van der Waals surface area contributed by atoms with Crippen LogP contribution in [-0.4, -0.2) is 20.6 Å². The molecule has 0 aliphatic rings. The molecule has 0 fully saturated rings. The Morgan fingerprint density at radius 1 is 1.56 bits per heavy atom. The molecule has 6 heteroatoms. The Kier molecular flexibility index (Phi) is 3.43. The van der Waals surface area contributed by atoms with E-state index in [1.807, 2.05) is 19.1 Å². The fourth-order valence-corrected chi connectivity index (χ4v) is 2.10. The minimum absolute atomic E-state index is 0.0256. The molecule has 0 bridgehead atoms. The van der Waals surface area contributed by atoms with Gasteiger partial charge in [0.05, 0.1) is 6.42 Å². The Balaban J connectivity index is 2.35. The van der Waals surface area contributed by atoms with Crippen molar-refractivity contribution in [3.05, 3.63) is 28.9 Å². The van der Waals surface area contributed by atoms with Crippen LogP contribution in [0.1, 0.15) is 18.0 Å². The molecule has 2 rings (SSSR count). The van der Waals surface area contributed by atoms with Gasteiger partial charge in [0.25, 0.3) is 0 Å². The predicted molar refractivity (Wildman–Crippen MR) is 66.6 cm³/mol. The zero-order chi connectivity index (χ0) is 13.3. The molecule has 0 radical (unpaired) electrons. The molecular formula is C12H13ClN2O3. The Morgan fingerprint density at radius 2 is 2.28 bits per heavy atom. The van der Waals surface area contributed by atoms with Gasteiger partial charge in [0.15, 0.2) is 10.9 Å². The van der Waals surface area contributed by atoms with Gasteiger partial charge in [0, 0.05) is 13.5 Å². The summed E-state index contributed by atoms with van der Waals surface area (Å²) < 4.78 is 7.28. The highest BCUT2D eigenvalue weighted by atomic mass is 35.5. The topological polar surface area (TPSA) is 68.3 Å². The molecular weight excluding hydrogens is 256 g/mol.